The van der Waals surface area contributed by atoms with Crippen LogP contribution in [0.2, 0.25) is 0 Å². The quantitative estimate of drug-likeness (QED) is 0.822. The molecule has 0 bridgehead atoms. The fourth-order valence-corrected chi connectivity index (χ4v) is 1.69. The molecule has 0 aliphatic heterocycles. The summed E-state index contributed by atoms with van der Waals surface area (Å²) in [4.78, 5) is 29.2. The van der Waals surface area contributed by atoms with E-state index in [1.54, 1.807) is 19.1 Å². The third kappa shape index (κ3) is 3.94. The van der Waals surface area contributed by atoms with Crippen molar-refractivity contribution in [3.63, 3.8) is 0 Å². The van der Waals surface area contributed by atoms with Gasteiger partial charge in [0.2, 0.25) is 0 Å². The number of carbonyl (C=O) groups excluding carboxylic acids is 1. The van der Waals surface area contributed by atoms with Crippen LogP contribution in [0.15, 0.2) is 18.3 Å². The van der Waals surface area contributed by atoms with E-state index in [0.29, 0.717) is 12.0 Å². The summed E-state index contributed by atoms with van der Waals surface area (Å²) in [5.41, 5.74) is 0.352. The third-order valence-electron chi connectivity index (χ3n) is 3.23. The van der Waals surface area contributed by atoms with Crippen molar-refractivity contribution < 1.29 is 14.7 Å². The lowest BCUT2D eigenvalue weighted by Gasteiger charge is -2.20. The topological polar surface area (TPSA) is 82.5 Å². The molecular formula is C14H21N3O3. The molecule has 0 saturated carbocycles. The third-order valence-corrected chi connectivity index (χ3v) is 3.23. The maximum atomic E-state index is 12.0. The van der Waals surface area contributed by atoms with Gasteiger partial charge in [0.1, 0.15) is 11.9 Å². The maximum absolute atomic E-state index is 12.0. The molecule has 0 radical (unpaired) electrons. The number of nitrogens with zero attached hydrogens (tertiary/aromatic N) is 2. The molecule has 0 aliphatic rings. The Hall–Kier alpha value is -2.11. The van der Waals surface area contributed by atoms with E-state index in [2.05, 4.69) is 10.3 Å². The molecule has 0 aromatic carbocycles. The van der Waals surface area contributed by atoms with Crippen molar-refractivity contribution in [3.8, 4) is 0 Å². The van der Waals surface area contributed by atoms with Gasteiger partial charge in [-0.05, 0) is 18.1 Å². The van der Waals surface area contributed by atoms with Crippen molar-refractivity contribution in [1.82, 2.24) is 10.3 Å². The van der Waals surface area contributed by atoms with Gasteiger partial charge in [0, 0.05) is 20.3 Å². The number of pyridine rings is 1. The summed E-state index contributed by atoms with van der Waals surface area (Å²) >= 11 is 0. The molecule has 0 spiro atoms. The number of rotatable bonds is 6. The lowest BCUT2D eigenvalue weighted by Crippen LogP contribution is -2.45. The van der Waals surface area contributed by atoms with E-state index in [0.717, 1.165) is 5.82 Å². The Morgan fingerprint density at radius 3 is 2.45 bits per heavy atom. The summed E-state index contributed by atoms with van der Waals surface area (Å²) in [6.45, 7) is 3.69. The zero-order valence-electron chi connectivity index (χ0n) is 12.3. The Kier molecular flexibility index (Phi) is 5.49. The number of amides is 1. The second kappa shape index (κ2) is 6.88. The first-order valence-electron chi connectivity index (χ1n) is 6.53. The van der Waals surface area contributed by atoms with Crippen LogP contribution in [0.5, 0.6) is 0 Å². The Labute approximate surface area is 118 Å². The van der Waals surface area contributed by atoms with Gasteiger partial charge in [-0.25, -0.2) is 9.78 Å². The van der Waals surface area contributed by atoms with E-state index in [-0.39, 0.29) is 5.92 Å². The molecule has 2 N–H and O–H groups in total. The number of hydrogen-bond acceptors (Lipinski definition) is 4. The Balaban J connectivity index is 2.81. The molecule has 1 aromatic rings. The molecule has 20 heavy (non-hydrogen) atoms. The van der Waals surface area contributed by atoms with Crippen LogP contribution in [-0.4, -0.2) is 42.1 Å². The molecule has 1 amide bonds. The standard InChI is InChI=1S/C14H21N3O3/c1-5-9(2)12(14(19)20)16-13(18)10-6-7-11(15-8-10)17(3)4/h6-9,12H,5H2,1-4H3,(H,16,18)(H,19,20)/t9-,12-/m0/s1. The first kappa shape index (κ1) is 15.9. The van der Waals surface area contributed by atoms with E-state index in [1.165, 1.54) is 6.20 Å². The molecule has 2 atom stereocenters. The van der Waals surface area contributed by atoms with E-state index >= 15 is 0 Å². The van der Waals surface area contributed by atoms with Gasteiger partial charge in [0.15, 0.2) is 0 Å². The van der Waals surface area contributed by atoms with Crippen LogP contribution < -0.4 is 10.2 Å². The maximum Gasteiger partial charge on any atom is 0.326 e. The summed E-state index contributed by atoms with van der Waals surface area (Å²) in [5, 5.41) is 11.7. The number of carbonyl (C=O) groups is 2. The molecule has 1 aromatic heterocycles. The Morgan fingerprint density at radius 1 is 1.40 bits per heavy atom. The van der Waals surface area contributed by atoms with Gasteiger partial charge in [-0.15, -0.1) is 0 Å². The van der Waals surface area contributed by atoms with Gasteiger partial charge in [0.05, 0.1) is 5.56 Å². The Morgan fingerprint density at radius 2 is 2.05 bits per heavy atom. The van der Waals surface area contributed by atoms with Gasteiger partial charge < -0.3 is 15.3 Å². The summed E-state index contributed by atoms with van der Waals surface area (Å²) in [6.07, 6.45) is 2.12. The summed E-state index contributed by atoms with van der Waals surface area (Å²) in [6, 6.07) is 2.46. The predicted octanol–water partition coefficient (Wildman–Crippen LogP) is 1.38. The molecular weight excluding hydrogens is 258 g/mol. The van der Waals surface area contributed by atoms with Gasteiger partial charge in [-0.3, -0.25) is 4.79 Å². The van der Waals surface area contributed by atoms with Crippen molar-refractivity contribution in [2.45, 2.75) is 26.3 Å². The second-order valence-corrected chi connectivity index (χ2v) is 4.97. The number of aromatic nitrogens is 1. The van der Waals surface area contributed by atoms with Gasteiger partial charge >= 0.3 is 5.97 Å². The molecule has 110 valence electrons. The second-order valence-electron chi connectivity index (χ2n) is 4.97. The highest BCUT2D eigenvalue weighted by molar-refractivity contribution is 5.96. The van der Waals surface area contributed by atoms with Gasteiger partial charge in [-0.2, -0.15) is 0 Å². The Bertz CT molecular complexity index is 471. The number of carboxylic acids is 1. The highest BCUT2D eigenvalue weighted by atomic mass is 16.4. The molecule has 0 saturated heterocycles. The van der Waals surface area contributed by atoms with Crippen LogP contribution in [0.4, 0.5) is 5.82 Å². The minimum absolute atomic E-state index is 0.134. The van der Waals surface area contributed by atoms with E-state index in [4.69, 9.17) is 5.11 Å². The number of aliphatic carboxylic acids is 1. The van der Waals surface area contributed by atoms with E-state index in [1.807, 2.05) is 25.9 Å². The lowest BCUT2D eigenvalue weighted by atomic mass is 9.99. The van der Waals surface area contributed by atoms with Crippen molar-refractivity contribution in [1.29, 1.82) is 0 Å². The van der Waals surface area contributed by atoms with Gasteiger partial charge in [-0.1, -0.05) is 20.3 Å². The molecule has 1 rings (SSSR count). The van der Waals surface area contributed by atoms with Crippen LogP contribution in [0, 0.1) is 5.92 Å². The number of hydrogen-bond donors (Lipinski definition) is 2. The average molecular weight is 279 g/mol. The summed E-state index contributed by atoms with van der Waals surface area (Å²) < 4.78 is 0. The highest BCUT2D eigenvalue weighted by Gasteiger charge is 2.25. The van der Waals surface area contributed by atoms with Crippen molar-refractivity contribution >= 4 is 17.7 Å². The first-order chi connectivity index (χ1) is 9.36. The van der Waals surface area contributed by atoms with Crippen LogP contribution in [0.1, 0.15) is 30.6 Å². The average Bonchev–Trinajstić information content (AvgIpc) is 2.43. The normalized spacial score (nSPS) is 13.4. The minimum atomic E-state index is -1.02. The van der Waals surface area contributed by atoms with Gasteiger partial charge in [0.25, 0.3) is 5.91 Å². The number of carboxylic acid groups (broad SMARTS) is 1. The minimum Gasteiger partial charge on any atom is -0.480 e. The SMILES string of the molecule is CC[C@H](C)[C@H](NC(=O)c1ccc(N(C)C)nc1)C(=O)O. The summed E-state index contributed by atoms with van der Waals surface area (Å²) in [7, 11) is 3.71. The molecule has 6 nitrogen and oxygen atoms in total. The van der Waals surface area contributed by atoms with Crippen molar-refractivity contribution in [2.75, 3.05) is 19.0 Å². The van der Waals surface area contributed by atoms with Crippen LogP contribution in [-0.2, 0) is 4.79 Å². The summed E-state index contributed by atoms with van der Waals surface area (Å²) in [5.74, 6) is -0.843. The molecule has 6 heteroatoms. The molecule has 0 fully saturated rings. The monoisotopic (exact) mass is 279 g/mol. The smallest absolute Gasteiger partial charge is 0.326 e. The van der Waals surface area contributed by atoms with E-state index in [9.17, 15) is 9.59 Å². The number of nitrogens with one attached hydrogen (secondary N) is 1. The van der Waals surface area contributed by atoms with E-state index < -0.39 is 17.9 Å². The lowest BCUT2D eigenvalue weighted by molar-refractivity contribution is -0.140. The largest absolute Gasteiger partial charge is 0.480 e. The fourth-order valence-electron chi connectivity index (χ4n) is 1.69. The fraction of sp³-hybridized carbons (Fsp3) is 0.500. The van der Waals surface area contributed by atoms with Crippen LogP contribution >= 0.6 is 0 Å². The highest BCUT2D eigenvalue weighted by Crippen LogP contribution is 2.11. The van der Waals surface area contributed by atoms with Crippen molar-refractivity contribution in [2.24, 2.45) is 5.92 Å². The predicted molar refractivity (Wildman–Crippen MR) is 76.9 cm³/mol. The molecule has 1 heterocycles. The number of anilines is 1. The van der Waals surface area contributed by atoms with Crippen LogP contribution in [0.3, 0.4) is 0 Å². The molecule has 0 aliphatic carbocycles. The molecule has 0 unspecified atom stereocenters. The zero-order valence-corrected chi connectivity index (χ0v) is 12.3. The van der Waals surface area contributed by atoms with Crippen molar-refractivity contribution in [3.05, 3.63) is 23.9 Å². The zero-order chi connectivity index (χ0) is 15.3. The van der Waals surface area contributed by atoms with Crippen LogP contribution in [0.25, 0.3) is 0 Å². The first-order valence-corrected chi connectivity index (χ1v) is 6.53.